The van der Waals surface area contributed by atoms with Gasteiger partial charge in [0.2, 0.25) is 0 Å². The maximum atomic E-state index is 12.0. The average molecular weight is 258 g/mol. The highest BCUT2D eigenvalue weighted by Crippen LogP contribution is 2.15. The van der Waals surface area contributed by atoms with E-state index in [2.05, 4.69) is 15.0 Å². The number of nitrogens with one attached hydrogen (secondary N) is 1. The number of carbonyl (C=O) groups is 2. The van der Waals surface area contributed by atoms with Crippen molar-refractivity contribution in [2.24, 2.45) is 0 Å². The molecule has 0 unspecified atom stereocenters. The lowest BCUT2D eigenvalue weighted by molar-refractivity contribution is -0.140. The van der Waals surface area contributed by atoms with E-state index >= 15 is 0 Å². The molecule has 1 amide bonds. The number of rotatable bonds is 4. The molecule has 5 heteroatoms. The van der Waals surface area contributed by atoms with E-state index in [4.69, 9.17) is 0 Å². The van der Waals surface area contributed by atoms with Gasteiger partial charge in [0.1, 0.15) is 5.69 Å². The first-order valence-corrected chi connectivity index (χ1v) is 5.91. The third-order valence-electron chi connectivity index (χ3n) is 2.73. The van der Waals surface area contributed by atoms with Gasteiger partial charge in [-0.3, -0.25) is 14.6 Å². The van der Waals surface area contributed by atoms with Crippen molar-refractivity contribution >= 4 is 22.6 Å². The second-order valence-corrected chi connectivity index (χ2v) is 3.96. The lowest BCUT2D eigenvalue weighted by atomic mass is 10.1. The maximum absolute atomic E-state index is 12.0. The third-order valence-corrected chi connectivity index (χ3v) is 2.73. The van der Waals surface area contributed by atoms with Gasteiger partial charge in [-0.25, -0.2) is 0 Å². The molecule has 0 fully saturated rings. The van der Waals surface area contributed by atoms with Crippen LogP contribution in [0.1, 0.15) is 16.9 Å². The van der Waals surface area contributed by atoms with Crippen molar-refractivity contribution in [2.45, 2.75) is 6.42 Å². The quantitative estimate of drug-likeness (QED) is 0.844. The lowest BCUT2D eigenvalue weighted by Crippen LogP contribution is -2.27. The molecule has 1 N–H and O–H groups in total. The van der Waals surface area contributed by atoms with E-state index in [0.29, 0.717) is 5.69 Å². The fourth-order valence-electron chi connectivity index (χ4n) is 1.76. The van der Waals surface area contributed by atoms with E-state index in [0.717, 1.165) is 10.8 Å². The largest absolute Gasteiger partial charge is 0.469 e. The number of nitrogens with zero attached hydrogens (tertiary/aromatic N) is 1. The number of hydrogen-bond donors (Lipinski definition) is 1. The van der Waals surface area contributed by atoms with Crippen LogP contribution < -0.4 is 5.32 Å². The molecule has 0 aliphatic heterocycles. The standard InChI is InChI=1S/C14H14N2O3/c1-19-12(17)7-9-16-14(18)13-11-5-3-2-4-10(11)6-8-15-13/h2-6,8H,7,9H2,1H3,(H,16,18). The van der Waals surface area contributed by atoms with E-state index in [9.17, 15) is 9.59 Å². The van der Waals surface area contributed by atoms with Crippen LogP contribution in [-0.2, 0) is 9.53 Å². The molecule has 2 rings (SSSR count). The highest BCUT2D eigenvalue weighted by molar-refractivity contribution is 6.05. The van der Waals surface area contributed by atoms with Crippen LogP contribution in [0.3, 0.4) is 0 Å². The van der Waals surface area contributed by atoms with Crippen LogP contribution in [0.2, 0.25) is 0 Å². The highest BCUT2D eigenvalue weighted by atomic mass is 16.5. The van der Waals surface area contributed by atoms with Crippen LogP contribution in [0.5, 0.6) is 0 Å². The molecular weight excluding hydrogens is 244 g/mol. The highest BCUT2D eigenvalue weighted by Gasteiger charge is 2.11. The Bertz CT molecular complexity index is 605. The molecule has 0 atom stereocenters. The van der Waals surface area contributed by atoms with Crippen molar-refractivity contribution < 1.29 is 14.3 Å². The van der Waals surface area contributed by atoms with E-state index in [-0.39, 0.29) is 24.8 Å². The zero-order valence-corrected chi connectivity index (χ0v) is 10.6. The third kappa shape index (κ3) is 3.07. The summed E-state index contributed by atoms with van der Waals surface area (Å²) in [5.74, 6) is -0.646. The fourth-order valence-corrected chi connectivity index (χ4v) is 1.76. The summed E-state index contributed by atoms with van der Waals surface area (Å²) in [5.41, 5.74) is 0.364. The molecule has 0 aliphatic carbocycles. The molecule has 1 heterocycles. The van der Waals surface area contributed by atoms with Crippen LogP contribution >= 0.6 is 0 Å². The minimum atomic E-state index is -0.355. The number of esters is 1. The molecule has 5 nitrogen and oxygen atoms in total. The fraction of sp³-hybridized carbons (Fsp3) is 0.214. The van der Waals surface area contributed by atoms with Crippen molar-refractivity contribution in [3.05, 3.63) is 42.2 Å². The predicted molar refractivity (Wildman–Crippen MR) is 70.7 cm³/mol. The van der Waals surface area contributed by atoms with E-state index < -0.39 is 0 Å². The van der Waals surface area contributed by atoms with Crippen LogP contribution in [-0.4, -0.2) is 30.5 Å². The molecule has 1 aromatic heterocycles. The Morgan fingerprint density at radius 3 is 2.84 bits per heavy atom. The maximum Gasteiger partial charge on any atom is 0.307 e. The average Bonchev–Trinajstić information content (AvgIpc) is 2.46. The first-order chi connectivity index (χ1) is 9.22. The Morgan fingerprint density at radius 1 is 1.26 bits per heavy atom. The topological polar surface area (TPSA) is 68.3 Å². The Kier molecular flexibility index (Phi) is 4.07. The number of fused-ring (bicyclic) bond motifs is 1. The number of carbonyl (C=O) groups excluding carboxylic acids is 2. The van der Waals surface area contributed by atoms with Crippen LogP contribution in [0, 0.1) is 0 Å². The zero-order chi connectivity index (χ0) is 13.7. The van der Waals surface area contributed by atoms with Gasteiger partial charge in [-0.2, -0.15) is 0 Å². The van der Waals surface area contributed by atoms with Crippen molar-refractivity contribution in [2.75, 3.05) is 13.7 Å². The Hall–Kier alpha value is -2.43. The number of benzene rings is 1. The van der Waals surface area contributed by atoms with Crippen molar-refractivity contribution in [1.29, 1.82) is 0 Å². The summed E-state index contributed by atoms with van der Waals surface area (Å²) in [5, 5.41) is 4.40. The summed E-state index contributed by atoms with van der Waals surface area (Å²) in [6.07, 6.45) is 1.74. The molecule has 0 saturated carbocycles. The first-order valence-electron chi connectivity index (χ1n) is 5.91. The molecule has 2 aromatic rings. The summed E-state index contributed by atoms with van der Waals surface area (Å²) < 4.78 is 4.50. The summed E-state index contributed by atoms with van der Waals surface area (Å²) in [6, 6.07) is 9.37. The van der Waals surface area contributed by atoms with Crippen molar-refractivity contribution in [3.8, 4) is 0 Å². The second-order valence-electron chi connectivity index (χ2n) is 3.96. The SMILES string of the molecule is COC(=O)CCNC(=O)c1nccc2ccccc12. The summed E-state index contributed by atoms with van der Waals surface area (Å²) in [4.78, 5) is 27.1. The van der Waals surface area contributed by atoms with E-state index in [1.807, 2.05) is 30.3 Å². The first kappa shape index (κ1) is 13.0. The Balaban J connectivity index is 2.11. The van der Waals surface area contributed by atoms with Gasteiger partial charge >= 0.3 is 5.97 Å². The number of methoxy groups -OCH3 is 1. The van der Waals surface area contributed by atoms with Gasteiger partial charge in [0.05, 0.1) is 13.5 Å². The molecular formula is C14H14N2O3. The Morgan fingerprint density at radius 2 is 2.05 bits per heavy atom. The minimum absolute atomic E-state index is 0.146. The molecule has 0 radical (unpaired) electrons. The Labute approximate surface area is 110 Å². The van der Waals surface area contributed by atoms with Crippen LogP contribution in [0.15, 0.2) is 36.5 Å². The molecule has 0 bridgehead atoms. The second kappa shape index (κ2) is 5.95. The van der Waals surface area contributed by atoms with Crippen molar-refractivity contribution in [1.82, 2.24) is 10.3 Å². The van der Waals surface area contributed by atoms with E-state index in [1.54, 1.807) is 6.20 Å². The van der Waals surface area contributed by atoms with Gasteiger partial charge in [0.15, 0.2) is 0 Å². The van der Waals surface area contributed by atoms with Crippen LogP contribution in [0.4, 0.5) is 0 Å². The van der Waals surface area contributed by atoms with Gasteiger partial charge < -0.3 is 10.1 Å². The monoisotopic (exact) mass is 258 g/mol. The zero-order valence-electron chi connectivity index (χ0n) is 10.6. The van der Waals surface area contributed by atoms with Gasteiger partial charge in [0, 0.05) is 18.1 Å². The van der Waals surface area contributed by atoms with Gasteiger partial charge in [-0.1, -0.05) is 24.3 Å². The lowest BCUT2D eigenvalue weighted by Gasteiger charge is -2.06. The molecule has 19 heavy (non-hydrogen) atoms. The predicted octanol–water partition coefficient (Wildman–Crippen LogP) is 1.53. The normalized spacial score (nSPS) is 10.2. The summed E-state index contributed by atoms with van der Waals surface area (Å²) in [6.45, 7) is 0.233. The summed E-state index contributed by atoms with van der Waals surface area (Å²) in [7, 11) is 1.32. The molecule has 1 aromatic carbocycles. The van der Waals surface area contributed by atoms with Gasteiger partial charge in [-0.15, -0.1) is 0 Å². The number of ether oxygens (including phenoxy) is 1. The smallest absolute Gasteiger partial charge is 0.307 e. The summed E-state index contributed by atoms with van der Waals surface area (Å²) >= 11 is 0. The minimum Gasteiger partial charge on any atom is -0.469 e. The molecule has 0 aliphatic rings. The number of pyridine rings is 1. The molecule has 0 spiro atoms. The van der Waals surface area contributed by atoms with E-state index in [1.165, 1.54) is 7.11 Å². The molecule has 98 valence electrons. The van der Waals surface area contributed by atoms with Crippen molar-refractivity contribution in [3.63, 3.8) is 0 Å². The van der Waals surface area contributed by atoms with Crippen LogP contribution in [0.25, 0.3) is 10.8 Å². The molecule has 0 saturated heterocycles. The number of amides is 1. The van der Waals surface area contributed by atoms with Gasteiger partial charge in [0.25, 0.3) is 5.91 Å². The number of aromatic nitrogens is 1. The number of hydrogen-bond acceptors (Lipinski definition) is 4. The van der Waals surface area contributed by atoms with Gasteiger partial charge in [-0.05, 0) is 11.5 Å².